The van der Waals surface area contributed by atoms with Crippen LogP contribution in [0.15, 0.2) is 72.5 Å². The zero-order valence-electron chi connectivity index (χ0n) is 14.9. The molecule has 5 rings (SSSR count). The number of rotatable bonds is 3. The van der Waals surface area contributed by atoms with Gasteiger partial charge in [0.2, 0.25) is 0 Å². The maximum atomic E-state index is 13.3. The number of nitrogens with zero attached hydrogens (tertiary/aromatic N) is 3. The van der Waals surface area contributed by atoms with Crippen LogP contribution in [0.2, 0.25) is 0 Å². The minimum absolute atomic E-state index is 0. The van der Waals surface area contributed by atoms with Crippen LogP contribution in [0.4, 0.5) is 4.39 Å². The van der Waals surface area contributed by atoms with Crippen LogP contribution in [0, 0.1) is 5.82 Å². The molecule has 0 saturated heterocycles. The number of benzene rings is 2. The number of hydrogen-bond acceptors (Lipinski definition) is 4. The first-order valence-corrected chi connectivity index (χ1v) is 9.26. The molecule has 0 atom stereocenters. The van der Waals surface area contributed by atoms with E-state index in [-0.39, 0.29) is 30.6 Å². The molecule has 4 nitrogen and oxygen atoms in total. The van der Waals surface area contributed by atoms with Crippen LogP contribution in [0.5, 0.6) is 0 Å². The summed E-state index contributed by atoms with van der Waals surface area (Å²) in [5, 5.41) is 10.3. The third kappa shape index (κ3) is 3.87. The van der Waals surface area contributed by atoms with Crippen molar-refractivity contribution in [1.29, 1.82) is 0 Å². The van der Waals surface area contributed by atoms with Crippen LogP contribution < -0.4 is 0 Å². The van der Waals surface area contributed by atoms with Gasteiger partial charge in [0.1, 0.15) is 12.1 Å². The number of thiophene rings is 1. The Morgan fingerprint density at radius 2 is 1.69 bits per heavy atom. The van der Waals surface area contributed by atoms with Gasteiger partial charge in [-0.25, -0.2) is 14.4 Å². The Hall–Kier alpha value is -2.80. The summed E-state index contributed by atoms with van der Waals surface area (Å²) in [6.07, 6.45) is 3.38. The minimum atomic E-state index is -0.261. The topological polar surface area (TPSA) is 54.5 Å². The number of fused-ring (bicyclic) bond motifs is 1. The van der Waals surface area contributed by atoms with E-state index in [1.807, 2.05) is 23.6 Å². The zero-order valence-corrected chi connectivity index (χ0v) is 17.3. The molecule has 0 radical (unpaired) electrons. The molecule has 0 fully saturated rings. The van der Waals surface area contributed by atoms with Crippen molar-refractivity contribution in [3.63, 3.8) is 0 Å². The minimum Gasteiger partial charge on any atom is -0.277 e. The molecular formula is C21H15Cl2FN4S. The molecule has 0 aliphatic heterocycles. The summed E-state index contributed by atoms with van der Waals surface area (Å²) in [6.45, 7) is 0. The van der Waals surface area contributed by atoms with Gasteiger partial charge in [0.05, 0.1) is 28.0 Å². The first-order chi connectivity index (χ1) is 13.3. The number of aromatic nitrogens is 4. The largest absolute Gasteiger partial charge is 0.277 e. The maximum absolute atomic E-state index is 13.3. The molecule has 5 aromatic rings. The average Bonchev–Trinajstić information content (AvgIpc) is 3.40. The van der Waals surface area contributed by atoms with E-state index in [9.17, 15) is 4.39 Å². The monoisotopic (exact) mass is 444 g/mol. The van der Waals surface area contributed by atoms with Crippen molar-refractivity contribution in [2.24, 2.45) is 0 Å². The Balaban J connectivity index is 0.00000120. The van der Waals surface area contributed by atoms with E-state index < -0.39 is 0 Å². The molecular weight excluding hydrogens is 430 g/mol. The van der Waals surface area contributed by atoms with Gasteiger partial charge in [-0.05, 0) is 53.4 Å². The van der Waals surface area contributed by atoms with Crippen molar-refractivity contribution >= 4 is 47.1 Å². The van der Waals surface area contributed by atoms with Gasteiger partial charge in [0.15, 0.2) is 0 Å². The van der Waals surface area contributed by atoms with Crippen LogP contribution in [0.3, 0.4) is 0 Å². The smallest absolute Gasteiger partial charge is 0.123 e. The second kappa shape index (κ2) is 8.69. The Bertz CT molecular complexity index is 1240. The van der Waals surface area contributed by atoms with Crippen molar-refractivity contribution in [1.82, 2.24) is 20.2 Å². The molecule has 2 aromatic carbocycles. The number of aromatic amines is 1. The Labute approximate surface area is 182 Å². The highest BCUT2D eigenvalue weighted by Crippen LogP contribution is 2.35. The lowest BCUT2D eigenvalue weighted by Gasteiger charge is -2.07. The van der Waals surface area contributed by atoms with Gasteiger partial charge >= 0.3 is 0 Å². The summed E-state index contributed by atoms with van der Waals surface area (Å²) in [4.78, 5) is 9.99. The fourth-order valence-electron chi connectivity index (χ4n) is 3.18. The van der Waals surface area contributed by atoms with Crippen molar-refractivity contribution in [3.05, 3.63) is 78.3 Å². The van der Waals surface area contributed by atoms with E-state index in [1.54, 1.807) is 36.0 Å². The van der Waals surface area contributed by atoms with Gasteiger partial charge < -0.3 is 0 Å². The second-order valence-electron chi connectivity index (χ2n) is 6.10. The van der Waals surface area contributed by atoms with E-state index in [0.717, 1.165) is 43.9 Å². The summed E-state index contributed by atoms with van der Waals surface area (Å²) in [6, 6.07) is 16.5. The Kier molecular flexibility index (Phi) is 6.27. The van der Waals surface area contributed by atoms with E-state index in [0.29, 0.717) is 0 Å². The highest BCUT2D eigenvalue weighted by molar-refractivity contribution is 7.13. The highest BCUT2D eigenvalue weighted by Gasteiger charge is 2.13. The predicted octanol–water partition coefficient (Wildman–Crippen LogP) is 6.40. The fourth-order valence-corrected chi connectivity index (χ4v) is 3.91. The van der Waals surface area contributed by atoms with Gasteiger partial charge in [-0.2, -0.15) is 5.10 Å². The van der Waals surface area contributed by atoms with Crippen LogP contribution in [0.25, 0.3) is 43.9 Å². The molecule has 3 aromatic heterocycles. The van der Waals surface area contributed by atoms with E-state index in [2.05, 4.69) is 32.3 Å². The number of hydrogen-bond donors (Lipinski definition) is 1. The molecule has 0 bridgehead atoms. The molecule has 0 amide bonds. The highest BCUT2D eigenvalue weighted by atomic mass is 35.5. The molecule has 3 heterocycles. The summed E-state index contributed by atoms with van der Waals surface area (Å²) in [5.74, 6) is -0.261. The first-order valence-electron chi connectivity index (χ1n) is 8.38. The van der Waals surface area contributed by atoms with Crippen LogP contribution in [-0.2, 0) is 0 Å². The van der Waals surface area contributed by atoms with Crippen LogP contribution in [-0.4, -0.2) is 20.2 Å². The Morgan fingerprint density at radius 1 is 0.897 bits per heavy atom. The molecule has 0 unspecified atom stereocenters. The van der Waals surface area contributed by atoms with Gasteiger partial charge in [0.25, 0.3) is 0 Å². The van der Waals surface area contributed by atoms with Crippen molar-refractivity contribution in [2.45, 2.75) is 0 Å². The summed E-state index contributed by atoms with van der Waals surface area (Å²) >= 11 is 1.65. The van der Waals surface area contributed by atoms with Gasteiger partial charge in [-0.15, -0.1) is 36.2 Å². The molecule has 0 aliphatic carbocycles. The maximum Gasteiger partial charge on any atom is 0.123 e. The quantitative estimate of drug-likeness (QED) is 0.350. The standard InChI is InChI=1S/C21H13FN4S.2ClH/c22-15-6-3-13(4-7-15)20-17(11-25-26-20)14-5-8-18-16(10-14)21(24-12-23-18)19-2-1-9-27-19;;/h1-12H,(H,25,26);2*1H. The van der Waals surface area contributed by atoms with Crippen molar-refractivity contribution in [2.75, 3.05) is 0 Å². The molecule has 8 heteroatoms. The summed E-state index contributed by atoms with van der Waals surface area (Å²) in [7, 11) is 0. The van der Waals surface area contributed by atoms with Gasteiger partial charge in [-0.3, -0.25) is 5.10 Å². The summed E-state index contributed by atoms with van der Waals surface area (Å²) in [5.41, 5.74) is 5.50. The van der Waals surface area contributed by atoms with E-state index in [1.165, 1.54) is 12.1 Å². The number of nitrogens with one attached hydrogen (secondary N) is 1. The molecule has 0 aliphatic rings. The normalized spacial score (nSPS) is 10.4. The molecule has 146 valence electrons. The lowest BCUT2D eigenvalue weighted by molar-refractivity contribution is 0.628. The van der Waals surface area contributed by atoms with Crippen LogP contribution >= 0.6 is 36.2 Å². The molecule has 0 spiro atoms. The predicted molar refractivity (Wildman–Crippen MR) is 120 cm³/mol. The summed E-state index contributed by atoms with van der Waals surface area (Å²) < 4.78 is 13.3. The number of halogens is 3. The molecule has 1 N–H and O–H groups in total. The van der Waals surface area contributed by atoms with E-state index in [4.69, 9.17) is 0 Å². The van der Waals surface area contributed by atoms with E-state index >= 15 is 0 Å². The molecule has 29 heavy (non-hydrogen) atoms. The van der Waals surface area contributed by atoms with Crippen LogP contribution in [0.1, 0.15) is 0 Å². The average molecular weight is 445 g/mol. The fraction of sp³-hybridized carbons (Fsp3) is 0. The second-order valence-corrected chi connectivity index (χ2v) is 7.04. The third-order valence-corrected chi connectivity index (χ3v) is 5.35. The van der Waals surface area contributed by atoms with Crippen molar-refractivity contribution < 1.29 is 4.39 Å². The lowest BCUT2D eigenvalue weighted by Crippen LogP contribution is -1.89. The number of H-pyrrole nitrogens is 1. The zero-order chi connectivity index (χ0) is 18.2. The Morgan fingerprint density at radius 3 is 2.45 bits per heavy atom. The molecule has 0 saturated carbocycles. The SMILES string of the molecule is Cl.Cl.Fc1ccc(-c2[nH]ncc2-c2ccc3ncnc(-c4cccs4)c3c2)cc1. The van der Waals surface area contributed by atoms with Crippen molar-refractivity contribution in [3.8, 4) is 33.0 Å². The lowest BCUT2D eigenvalue weighted by atomic mass is 9.99. The van der Waals surface area contributed by atoms with Gasteiger partial charge in [-0.1, -0.05) is 12.1 Å². The first kappa shape index (κ1) is 20.9. The van der Waals surface area contributed by atoms with Gasteiger partial charge in [0, 0.05) is 16.5 Å². The third-order valence-electron chi connectivity index (χ3n) is 4.47.